The molecule has 0 aromatic heterocycles. The molecule has 0 aliphatic heterocycles. The van der Waals surface area contributed by atoms with Crippen molar-refractivity contribution in [3.05, 3.63) is 28.8 Å². The summed E-state index contributed by atoms with van der Waals surface area (Å²) in [7, 11) is 0. The second-order valence-corrected chi connectivity index (χ2v) is 4.02. The van der Waals surface area contributed by atoms with Crippen LogP contribution < -0.4 is 4.35 Å². The second-order valence-electron chi connectivity index (χ2n) is 2.81. The fourth-order valence-electron chi connectivity index (χ4n) is 1.19. The van der Waals surface area contributed by atoms with Gasteiger partial charge in [-0.2, -0.15) is 0 Å². The average Bonchev–Trinajstić information content (AvgIpc) is 1.82. The van der Waals surface area contributed by atoms with Gasteiger partial charge in [0.05, 0.1) is 0 Å². The summed E-state index contributed by atoms with van der Waals surface area (Å²) in [5, 5.41) is 0. The summed E-state index contributed by atoms with van der Waals surface area (Å²) in [6, 6.07) is 4.48. The predicted octanol–water partition coefficient (Wildman–Crippen LogP) is 0.870. The van der Waals surface area contributed by atoms with Gasteiger partial charge in [-0.05, 0) is 0 Å². The van der Waals surface area contributed by atoms with Gasteiger partial charge in [-0.1, -0.05) is 0 Å². The Morgan fingerprint density at radius 2 is 1.40 bits per heavy atom. The Labute approximate surface area is 71.1 Å². The Morgan fingerprint density at radius 1 is 1.00 bits per heavy atom. The van der Waals surface area contributed by atoms with Crippen molar-refractivity contribution in [3.8, 4) is 0 Å². The molecule has 1 atom stereocenters. The molecule has 1 unspecified atom stereocenters. The van der Waals surface area contributed by atoms with Crippen molar-refractivity contribution < 1.29 is 0 Å². The van der Waals surface area contributed by atoms with Gasteiger partial charge in [0.25, 0.3) is 0 Å². The third kappa shape index (κ3) is 1.44. The molecule has 0 aliphatic carbocycles. The molecule has 1 aromatic rings. The van der Waals surface area contributed by atoms with Gasteiger partial charge in [0.2, 0.25) is 0 Å². The van der Waals surface area contributed by atoms with Crippen LogP contribution in [0, 0.1) is 20.8 Å². The Morgan fingerprint density at radius 3 is 1.80 bits per heavy atom. The average molecular weight is 196 g/mol. The van der Waals surface area contributed by atoms with Crippen molar-refractivity contribution in [1.29, 1.82) is 0 Å². The molecule has 54 valence electrons. The molecule has 0 N–H and O–H groups in total. The molecule has 0 radical (unpaired) electrons. The summed E-state index contributed by atoms with van der Waals surface area (Å²) in [6.45, 7) is 6.50. The molecule has 0 nitrogen and oxygen atoms in total. The molecule has 0 saturated heterocycles. The monoisotopic (exact) mass is 196 g/mol. The molecule has 1 rings (SSSR count). The quantitative estimate of drug-likeness (QED) is 0.540. The standard InChI is InChI=1S/C9H13As/c1-6-4-7(2)9(10)8(3)5-6/h4-5H,10H2,1-3H3. The summed E-state index contributed by atoms with van der Waals surface area (Å²) in [5.41, 5.74) is 4.23. The van der Waals surface area contributed by atoms with E-state index in [1.54, 1.807) is 16.9 Å². The van der Waals surface area contributed by atoms with Crippen molar-refractivity contribution >= 4 is 21.2 Å². The summed E-state index contributed by atoms with van der Waals surface area (Å²) >= 11 is 1.72. The van der Waals surface area contributed by atoms with Crippen molar-refractivity contribution in [1.82, 2.24) is 0 Å². The zero-order chi connectivity index (χ0) is 7.72. The molecule has 0 saturated carbocycles. The van der Waals surface area contributed by atoms with E-state index in [2.05, 4.69) is 32.9 Å². The predicted molar refractivity (Wildman–Crippen MR) is 48.8 cm³/mol. The van der Waals surface area contributed by atoms with Gasteiger partial charge in [0.15, 0.2) is 0 Å². The van der Waals surface area contributed by atoms with Crippen LogP contribution in [0.5, 0.6) is 0 Å². The third-order valence-corrected chi connectivity index (χ3v) is 3.65. The SMILES string of the molecule is Cc1cc(C)c([AsH2])c(C)c1. The van der Waals surface area contributed by atoms with E-state index in [1.165, 1.54) is 21.0 Å². The number of aryl methyl sites for hydroxylation is 3. The topological polar surface area (TPSA) is 0 Å². The molecule has 0 bridgehead atoms. The van der Waals surface area contributed by atoms with Crippen LogP contribution in [0.3, 0.4) is 0 Å². The first-order valence-corrected chi connectivity index (χ1v) is 4.65. The van der Waals surface area contributed by atoms with Crippen LogP contribution in [-0.2, 0) is 0 Å². The third-order valence-electron chi connectivity index (χ3n) is 1.74. The van der Waals surface area contributed by atoms with Gasteiger partial charge in [0.1, 0.15) is 0 Å². The maximum absolute atomic E-state index is 2.24. The fraction of sp³-hybridized carbons (Fsp3) is 0.333. The zero-order valence-corrected chi connectivity index (χ0v) is 9.15. The van der Waals surface area contributed by atoms with Gasteiger partial charge in [0, 0.05) is 0 Å². The summed E-state index contributed by atoms with van der Waals surface area (Å²) in [5.74, 6) is 0. The molecule has 0 amide bonds. The normalized spacial score (nSPS) is 10.0. The molecular formula is C9H13As. The summed E-state index contributed by atoms with van der Waals surface area (Å²) in [4.78, 5) is 0. The summed E-state index contributed by atoms with van der Waals surface area (Å²) < 4.78 is 1.48. The molecule has 1 heteroatoms. The molecule has 0 spiro atoms. The Kier molecular flexibility index (Phi) is 2.20. The number of rotatable bonds is 0. The van der Waals surface area contributed by atoms with E-state index in [-0.39, 0.29) is 0 Å². The van der Waals surface area contributed by atoms with E-state index in [0.29, 0.717) is 0 Å². The van der Waals surface area contributed by atoms with Gasteiger partial charge >= 0.3 is 70.8 Å². The van der Waals surface area contributed by atoms with Crippen molar-refractivity contribution in [2.75, 3.05) is 0 Å². The number of benzene rings is 1. The van der Waals surface area contributed by atoms with E-state index >= 15 is 0 Å². The van der Waals surface area contributed by atoms with Crippen molar-refractivity contribution in [2.24, 2.45) is 0 Å². The fourth-order valence-corrected chi connectivity index (χ4v) is 1.54. The number of hydrogen-bond donors (Lipinski definition) is 0. The van der Waals surface area contributed by atoms with Gasteiger partial charge < -0.3 is 0 Å². The van der Waals surface area contributed by atoms with Crippen molar-refractivity contribution in [3.63, 3.8) is 0 Å². The first-order valence-electron chi connectivity index (χ1n) is 3.44. The first kappa shape index (κ1) is 7.88. The Hall–Kier alpha value is -0.222. The summed E-state index contributed by atoms with van der Waals surface area (Å²) in [6.07, 6.45) is 0. The van der Waals surface area contributed by atoms with Crippen LogP contribution in [0.1, 0.15) is 16.7 Å². The maximum atomic E-state index is 2.24. The van der Waals surface area contributed by atoms with E-state index in [9.17, 15) is 0 Å². The van der Waals surface area contributed by atoms with Crippen LogP contribution >= 0.6 is 0 Å². The van der Waals surface area contributed by atoms with Crippen molar-refractivity contribution in [2.45, 2.75) is 20.8 Å². The first-order chi connectivity index (χ1) is 4.61. The van der Waals surface area contributed by atoms with Crippen LogP contribution in [0.15, 0.2) is 12.1 Å². The van der Waals surface area contributed by atoms with E-state index in [4.69, 9.17) is 0 Å². The molecule has 0 aliphatic rings. The molecule has 1 aromatic carbocycles. The van der Waals surface area contributed by atoms with Crippen LogP contribution in [0.25, 0.3) is 0 Å². The van der Waals surface area contributed by atoms with Gasteiger partial charge in [-0.15, -0.1) is 0 Å². The van der Waals surface area contributed by atoms with Crippen LogP contribution in [0.4, 0.5) is 0 Å². The Balaban J connectivity index is 3.31. The van der Waals surface area contributed by atoms with E-state index in [1.807, 2.05) is 0 Å². The zero-order valence-electron chi connectivity index (χ0n) is 6.73. The van der Waals surface area contributed by atoms with Gasteiger partial charge in [-0.25, -0.2) is 0 Å². The molecule has 10 heavy (non-hydrogen) atoms. The van der Waals surface area contributed by atoms with E-state index < -0.39 is 0 Å². The Bertz CT molecular complexity index is 228. The minimum absolute atomic E-state index is 1.37. The molecular weight excluding hydrogens is 183 g/mol. The van der Waals surface area contributed by atoms with Gasteiger partial charge in [-0.3, -0.25) is 0 Å². The second kappa shape index (κ2) is 2.80. The van der Waals surface area contributed by atoms with E-state index in [0.717, 1.165) is 0 Å². The van der Waals surface area contributed by atoms with Crippen LogP contribution in [0.2, 0.25) is 0 Å². The number of hydrogen-bond acceptors (Lipinski definition) is 0. The molecule has 0 fully saturated rings. The van der Waals surface area contributed by atoms with Crippen LogP contribution in [-0.4, -0.2) is 16.9 Å². The minimum atomic E-state index is 1.37. The molecule has 0 heterocycles.